The smallest absolute Gasteiger partial charge is 0.274 e. The molecule has 0 saturated carbocycles. The van der Waals surface area contributed by atoms with Crippen LogP contribution >= 0.6 is 34.8 Å². The van der Waals surface area contributed by atoms with Crippen molar-refractivity contribution < 1.29 is 18.4 Å². The molecule has 0 aromatic heterocycles. The molecule has 0 unspecified atom stereocenters. The monoisotopic (exact) mass is 393 g/mol. The predicted octanol–water partition coefficient (Wildman–Crippen LogP) is 5.17. The molecule has 8 heteroatoms. The second-order valence-electron chi connectivity index (χ2n) is 4.78. The van der Waals surface area contributed by atoms with Crippen molar-refractivity contribution in [1.29, 1.82) is 0 Å². The lowest BCUT2D eigenvalue weighted by atomic mass is 10.1. The summed E-state index contributed by atoms with van der Waals surface area (Å²) in [6, 6.07) is 6.19. The number of nitrogens with zero attached hydrogens (tertiary/aromatic N) is 1. The van der Waals surface area contributed by atoms with Crippen LogP contribution in [0.3, 0.4) is 0 Å². The minimum atomic E-state index is -0.968. The highest BCUT2D eigenvalue weighted by molar-refractivity contribution is 6.39. The Bertz CT molecular complexity index is 728. The molecule has 0 N–H and O–H groups in total. The molecule has 1 amide bonds. The fraction of sp³-hybridized carbons (Fsp3) is 0.188. The molecule has 0 bridgehead atoms. The van der Waals surface area contributed by atoms with Crippen LogP contribution in [0.25, 0.3) is 0 Å². The van der Waals surface area contributed by atoms with Crippen molar-refractivity contribution in [1.82, 2.24) is 5.06 Å². The Labute approximate surface area is 152 Å². The maximum atomic E-state index is 13.7. The molecule has 0 aliphatic rings. The molecule has 0 spiro atoms. The van der Waals surface area contributed by atoms with Crippen LogP contribution in [0.2, 0.25) is 15.1 Å². The Morgan fingerprint density at radius 1 is 1.12 bits per heavy atom. The quantitative estimate of drug-likeness (QED) is 0.655. The third-order valence-electron chi connectivity index (χ3n) is 3.29. The molecule has 2 aromatic carbocycles. The van der Waals surface area contributed by atoms with Gasteiger partial charge in [-0.2, -0.15) is 0 Å². The second kappa shape index (κ2) is 8.12. The average Bonchev–Trinajstić information content (AvgIpc) is 2.49. The number of hydrogen-bond donors (Lipinski definition) is 0. The lowest BCUT2D eigenvalue weighted by molar-refractivity contribution is -0.0947. The summed E-state index contributed by atoms with van der Waals surface area (Å²) in [4.78, 5) is 17.2. The van der Waals surface area contributed by atoms with Gasteiger partial charge in [-0.15, -0.1) is 0 Å². The third-order valence-corrected chi connectivity index (χ3v) is 4.19. The Morgan fingerprint density at radius 3 is 2.17 bits per heavy atom. The summed E-state index contributed by atoms with van der Waals surface area (Å²) in [5.41, 5.74) is -0.140. The summed E-state index contributed by atoms with van der Waals surface area (Å²) < 4.78 is 27.5. The molecule has 2 aromatic rings. The predicted molar refractivity (Wildman–Crippen MR) is 89.6 cm³/mol. The summed E-state index contributed by atoms with van der Waals surface area (Å²) in [5, 5.41) is 1.87. The molecule has 3 nitrogen and oxygen atoms in total. The second-order valence-corrected chi connectivity index (χ2v) is 6.04. The van der Waals surface area contributed by atoms with Crippen molar-refractivity contribution in [3.8, 4) is 0 Å². The van der Waals surface area contributed by atoms with Crippen molar-refractivity contribution in [3.63, 3.8) is 0 Å². The molecule has 24 heavy (non-hydrogen) atoms. The van der Waals surface area contributed by atoms with Crippen LogP contribution in [0.15, 0.2) is 30.3 Å². The molecular weight excluding hydrogens is 383 g/mol. The topological polar surface area (TPSA) is 29.5 Å². The minimum Gasteiger partial charge on any atom is -0.274 e. The summed E-state index contributed by atoms with van der Waals surface area (Å²) in [6.45, 7) is -0.00974. The first-order valence-electron chi connectivity index (χ1n) is 6.78. The first-order chi connectivity index (χ1) is 11.3. The SMILES string of the molecule is CON(CCc1c(Cl)cc(Cl)cc1Cl)C(=O)c1c(F)cccc1F. The van der Waals surface area contributed by atoms with Gasteiger partial charge in [0.05, 0.1) is 13.7 Å². The van der Waals surface area contributed by atoms with Gasteiger partial charge >= 0.3 is 0 Å². The Kier molecular flexibility index (Phi) is 6.40. The van der Waals surface area contributed by atoms with E-state index in [-0.39, 0.29) is 13.0 Å². The molecule has 0 heterocycles. The maximum Gasteiger partial charge on any atom is 0.283 e. The van der Waals surface area contributed by atoms with Gasteiger partial charge < -0.3 is 0 Å². The van der Waals surface area contributed by atoms with Gasteiger partial charge in [0.1, 0.15) is 17.2 Å². The number of rotatable bonds is 5. The third kappa shape index (κ3) is 4.16. The van der Waals surface area contributed by atoms with Crippen LogP contribution < -0.4 is 0 Å². The van der Waals surface area contributed by atoms with Gasteiger partial charge in [-0.1, -0.05) is 40.9 Å². The number of carbonyl (C=O) groups excluding carboxylic acids is 1. The largest absolute Gasteiger partial charge is 0.283 e. The van der Waals surface area contributed by atoms with Gasteiger partial charge in [0, 0.05) is 15.1 Å². The van der Waals surface area contributed by atoms with Gasteiger partial charge in [-0.25, -0.2) is 13.8 Å². The highest BCUT2D eigenvalue weighted by Gasteiger charge is 2.23. The van der Waals surface area contributed by atoms with E-state index in [0.29, 0.717) is 20.6 Å². The zero-order chi connectivity index (χ0) is 17.9. The van der Waals surface area contributed by atoms with E-state index in [1.54, 1.807) is 0 Å². The molecule has 0 radical (unpaired) electrons. The molecule has 2 rings (SSSR count). The number of hydrogen-bond acceptors (Lipinski definition) is 2. The highest BCUT2D eigenvalue weighted by atomic mass is 35.5. The fourth-order valence-corrected chi connectivity index (χ4v) is 3.13. The maximum absolute atomic E-state index is 13.7. The van der Waals surface area contributed by atoms with Crippen molar-refractivity contribution in [2.75, 3.05) is 13.7 Å². The molecule has 0 atom stereocenters. The Hall–Kier alpha value is -1.40. The zero-order valence-corrected chi connectivity index (χ0v) is 14.7. The molecule has 128 valence electrons. The van der Waals surface area contributed by atoms with Crippen molar-refractivity contribution in [2.45, 2.75) is 6.42 Å². The molecule has 0 aliphatic carbocycles. The average molecular weight is 395 g/mol. The van der Waals surface area contributed by atoms with E-state index < -0.39 is 23.1 Å². The van der Waals surface area contributed by atoms with Crippen LogP contribution in [0.1, 0.15) is 15.9 Å². The molecular formula is C16H12Cl3F2NO2. The number of amides is 1. The fourth-order valence-electron chi connectivity index (χ4n) is 2.13. The van der Waals surface area contributed by atoms with E-state index in [0.717, 1.165) is 17.2 Å². The van der Waals surface area contributed by atoms with Crippen LogP contribution in [-0.2, 0) is 11.3 Å². The van der Waals surface area contributed by atoms with E-state index in [2.05, 4.69) is 0 Å². The summed E-state index contributed by atoms with van der Waals surface area (Å²) in [6.07, 6.45) is 0.213. The molecule has 0 saturated heterocycles. The van der Waals surface area contributed by atoms with Crippen LogP contribution in [0.5, 0.6) is 0 Å². The normalized spacial score (nSPS) is 10.8. The highest BCUT2D eigenvalue weighted by Crippen LogP contribution is 2.29. The van der Waals surface area contributed by atoms with Gasteiger partial charge in [-0.05, 0) is 36.2 Å². The van der Waals surface area contributed by atoms with Gasteiger partial charge in [0.2, 0.25) is 0 Å². The van der Waals surface area contributed by atoms with Crippen LogP contribution in [0, 0.1) is 11.6 Å². The van der Waals surface area contributed by atoms with E-state index in [1.807, 2.05) is 0 Å². The van der Waals surface area contributed by atoms with E-state index >= 15 is 0 Å². The van der Waals surface area contributed by atoms with E-state index in [9.17, 15) is 13.6 Å². The van der Waals surface area contributed by atoms with Crippen LogP contribution in [0.4, 0.5) is 8.78 Å². The number of hydroxylamine groups is 2. The minimum absolute atomic E-state index is 0.00974. The molecule has 0 fully saturated rings. The van der Waals surface area contributed by atoms with Crippen molar-refractivity contribution in [2.24, 2.45) is 0 Å². The van der Waals surface area contributed by atoms with Crippen molar-refractivity contribution >= 4 is 40.7 Å². The van der Waals surface area contributed by atoms with Gasteiger partial charge in [0.25, 0.3) is 5.91 Å². The van der Waals surface area contributed by atoms with E-state index in [4.69, 9.17) is 39.6 Å². The van der Waals surface area contributed by atoms with Gasteiger partial charge in [0.15, 0.2) is 0 Å². The lowest BCUT2D eigenvalue weighted by Gasteiger charge is -2.21. The number of carbonyl (C=O) groups is 1. The Balaban J connectivity index is 2.20. The first kappa shape index (κ1) is 18.9. The zero-order valence-electron chi connectivity index (χ0n) is 12.5. The number of halogens is 5. The van der Waals surface area contributed by atoms with Crippen molar-refractivity contribution in [3.05, 3.63) is 68.2 Å². The standard InChI is InChI=1S/C16H12Cl3F2NO2/c1-24-22(16(23)15-13(20)3-2-4-14(15)21)6-5-10-11(18)7-9(17)8-12(10)19/h2-4,7-8H,5-6H2,1H3. The first-order valence-corrected chi connectivity index (χ1v) is 7.92. The molecule has 0 aliphatic heterocycles. The van der Waals surface area contributed by atoms with Gasteiger partial charge in [-0.3, -0.25) is 9.63 Å². The summed E-state index contributed by atoms with van der Waals surface area (Å²) in [7, 11) is 1.22. The Morgan fingerprint density at radius 2 is 1.67 bits per heavy atom. The summed E-state index contributed by atoms with van der Waals surface area (Å²) in [5.74, 6) is -2.87. The van der Waals surface area contributed by atoms with E-state index in [1.165, 1.54) is 25.3 Å². The lowest BCUT2D eigenvalue weighted by Crippen LogP contribution is -2.33. The number of benzene rings is 2. The summed E-state index contributed by atoms with van der Waals surface area (Å²) >= 11 is 18.0. The van der Waals surface area contributed by atoms with Crippen LogP contribution in [-0.4, -0.2) is 24.6 Å².